The number of halogens is 1. The molecule has 0 saturated carbocycles. The molecule has 0 aliphatic carbocycles. The lowest BCUT2D eigenvalue weighted by molar-refractivity contribution is -0.383. The zero-order chi connectivity index (χ0) is 13.7. The van der Waals surface area contributed by atoms with Crippen molar-refractivity contribution in [2.45, 2.75) is 0 Å². The molecule has 0 radical (unpaired) electrons. The van der Waals surface area contributed by atoms with Crippen molar-refractivity contribution in [2.24, 2.45) is 0 Å². The van der Waals surface area contributed by atoms with Crippen molar-refractivity contribution in [2.75, 3.05) is 44.6 Å². The van der Waals surface area contributed by atoms with Crippen molar-refractivity contribution < 1.29 is 4.92 Å². The number of anilines is 1. The van der Waals surface area contributed by atoms with Crippen LogP contribution in [-0.2, 0) is 0 Å². The van der Waals surface area contributed by atoms with E-state index in [0.29, 0.717) is 17.3 Å². The SMILES string of the molecule is O=[N+]([O-])c1cc(Cl)ccc1NCCN1CCNCC1. The molecule has 104 valence electrons. The van der Waals surface area contributed by atoms with Gasteiger partial charge in [-0.2, -0.15) is 0 Å². The summed E-state index contributed by atoms with van der Waals surface area (Å²) in [5.41, 5.74) is 0.539. The molecule has 19 heavy (non-hydrogen) atoms. The van der Waals surface area contributed by atoms with Crippen LogP contribution in [0.5, 0.6) is 0 Å². The molecule has 6 nitrogen and oxygen atoms in total. The Morgan fingerprint density at radius 2 is 2.16 bits per heavy atom. The Balaban J connectivity index is 1.89. The van der Waals surface area contributed by atoms with Gasteiger partial charge in [-0.15, -0.1) is 0 Å². The first kappa shape index (κ1) is 14.0. The van der Waals surface area contributed by atoms with Crippen molar-refractivity contribution in [3.63, 3.8) is 0 Å². The van der Waals surface area contributed by atoms with Gasteiger partial charge in [0.25, 0.3) is 5.69 Å². The Labute approximate surface area is 116 Å². The highest BCUT2D eigenvalue weighted by atomic mass is 35.5. The largest absolute Gasteiger partial charge is 0.378 e. The summed E-state index contributed by atoms with van der Waals surface area (Å²) in [6, 6.07) is 4.68. The van der Waals surface area contributed by atoms with Gasteiger partial charge in [0.1, 0.15) is 5.69 Å². The fourth-order valence-corrected chi connectivity index (χ4v) is 2.26. The Morgan fingerprint density at radius 3 is 2.84 bits per heavy atom. The number of rotatable bonds is 5. The summed E-state index contributed by atoms with van der Waals surface area (Å²) in [6.45, 7) is 5.60. The monoisotopic (exact) mass is 284 g/mol. The average Bonchev–Trinajstić information content (AvgIpc) is 2.41. The van der Waals surface area contributed by atoms with Crippen LogP contribution in [0.25, 0.3) is 0 Å². The molecule has 1 aromatic rings. The summed E-state index contributed by atoms with van der Waals surface area (Å²) >= 11 is 5.77. The first-order chi connectivity index (χ1) is 9.16. The summed E-state index contributed by atoms with van der Waals surface area (Å²) in [5, 5.41) is 17.7. The third-order valence-electron chi connectivity index (χ3n) is 3.11. The molecule has 2 rings (SSSR count). The molecular weight excluding hydrogens is 268 g/mol. The van der Waals surface area contributed by atoms with Gasteiger partial charge < -0.3 is 10.6 Å². The third-order valence-corrected chi connectivity index (χ3v) is 3.34. The molecule has 7 heteroatoms. The van der Waals surface area contributed by atoms with E-state index >= 15 is 0 Å². The standard InChI is InChI=1S/C12H17ClN4O2/c13-10-1-2-11(12(9-10)17(18)19)15-5-8-16-6-3-14-4-7-16/h1-2,9,14-15H,3-8H2. The lowest BCUT2D eigenvalue weighted by Crippen LogP contribution is -2.45. The van der Waals surface area contributed by atoms with Gasteiger partial charge in [-0.1, -0.05) is 11.6 Å². The van der Waals surface area contributed by atoms with E-state index in [9.17, 15) is 10.1 Å². The van der Waals surface area contributed by atoms with Crippen LogP contribution < -0.4 is 10.6 Å². The molecule has 1 aliphatic rings. The highest BCUT2D eigenvalue weighted by Gasteiger charge is 2.14. The summed E-state index contributed by atoms with van der Waals surface area (Å²) in [7, 11) is 0. The fourth-order valence-electron chi connectivity index (χ4n) is 2.09. The number of nitrogens with one attached hydrogen (secondary N) is 2. The molecule has 1 saturated heterocycles. The van der Waals surface area contributed by atoms with Crippen LogP contribution in [0.3, 0.4) is 0 Å². The predicted octanol–water partition coefficient (Wildman–Crippen LogP) is 1.57. The van der Waals surface area contributed by atoms with Crippen LogP contribution >= 0.6 is 11.6 Å². The maximum absolute atomic E-state index is 10.9. The third kappa shape index (κ3) is 4.05. The van der Waals surface area contributed by atoms with E-state index in [1.165, 1.54) is 6.07 Å². The van der Waals surface area contributed by atoms with Gasteiger partial charge in [-0.3, -0.25) is 15.0 Å². The zero-order valence-corrected chi connectivity index (χ0v) is 11.3. The van der Waals surface area contributed by atoms with E-state index in [4.69, 9.17) is 11.6 Å². The van der Waals surface area contributed by atoms with E-state index in [1.807, 2.05) is 0 Å². The lowest BCUT2D eigenvalue weighted by Gasteiger charge is -2.27. The molecular formula is C12H17ClN4O2. The maximum atomic E-state index is 10.9. The number of piperazine rings is 1. The normalized spacial score (nSPS) is 16.3. The maximum Gasteiger partial charge on any atom is 0.293 e. The summed E-state index contributed by atoms with van der Waals surface area (Å²) in [5.74, 6) is 0. The summed E-state index contributed by atoms with van der Waals surface area (Å²) in [6.07, 6.45) is 0. The number of hydrogen-bond acceptors (Lipinski definition) is 5. The Hall–Kier alpha value is -1.37. The van der Waals surface area contributed by atoms with Crippen LogP contribution in [0.2, 0.25) is 5.02 Å². The highest BCUT2D eigenvalue weighted by Crippen LogP contribution is 2.27. The smallest absolute Gasteiger partial charge is 0.293 e. The zero-order valence-electron chi connectivity index (χ0n) is 10.6. The van der Waals surface area contributed by atoms with Crippen molar-refractivity contribution in [1.29, 1.82) is 0 Å². The van der Waals surface area contributed by atoms with Gasteiger partial charge in [0, 0.05) is 50.4 Å². The first-order valence-corrected chi connectivity index (χ1v) is 6.65. The van der Waals surface area contributed by atoms with Gasteiger partial charge in [0.15, 0.2) is 0 Å². The number of nitro groups is 1. The van der Waals surface area contributed by atoms with Gasteiger partial charge in [-0.05, 0) is 12.1 Å². The van der Waals surface area contributed by atoms with Crippen LogP contribution in [-0.4, -0.2) is 49.1 Å². The van der Waals surface area contributed by atoms with Crippen molar-refractivity contribution >= 4 is 23.0 Å². The number of benzene rings is 1. The summed E-state index contributed by atoms with van der Waals surface area (Å²) < 4.78 is 0. The molecule has 0 spiro atoms. The highest BCUT2D eigenvalue weighted by molar-refractivity contribution is 6.30. The quantitative estimate of drug-likeness (QED) is 0.634. The first-order valence-electron chi connectivity index (χ1n) is 6.28. The van der Waals surface area contributed by atoms with Gasteiger partial charge in [0.05, 0.1) is 4.92 Å². The molecule has 2 N–H and O–H groups in total. The van der Waals surface area contributed by atoms with E-state index in [2.05, 4.69) is 15.5 Å². The van der Waals surface area contributed by atoms with Crippen molar-refractivity contribution in [1.82, 2.24) is 10.2 Å². The van der Waals surface area contributed by atoms with Crippen LogP contribution in [0, 0.1) is 10.1 Å². The lowest BCUT2D eigenvalue weighted by atomic mass is 10.2. The number of nitrogens with zero attached hydrogens (tertiary/aromatic N) is 2. The van der Waals surface area contributed by atoms with Crippen LogP contribution in [0.1, 0.15) is 0 Å². The Bertz CT molecular complexity index is 449. The van der Waals surface area contributed by atoms with E-state index in [0.717, 1.165) is 32.7 Å². The van der Waals surface area contributed by atoms with E-state index < -0.39 is 4.92 Å². The van der Waals surface area contributed by atoms with Crippen molar-refractivity contribution in [3.05, 3.63) is 33.3 Å². The van der Waals surface area contributed by atoms with Gasteiger partial charge in [-0.25, -0.2) is 0 Å². The van der Waals surface area contributed by atoms with Gasteiger partial charge >= 0.3 is 0 Å². The minimum atomic E-state index is -0.418. The predicted molar refractivity (Wildman–Crippen MR) is 75.9 cm³/mol. The molecule has 1 aromatic carbocycles. The minimum absolute atomic E-state index is 0.0211. The van der Waals surface area contributed by atoms with Crippen LogP contribution in [0.15, 0.2) is 18.2 Å². The molecule has 0 bridgehead atoms. The van der Waals surface area contributed by atoms with Crippen LogP contribution in [0.4, 0.5) is 11.4 Å². The second-order valence-electron chi connectivity index (χ2n) is 4.44. The fraction of sp³-hybridized carbons (Fsp3) is 0.500. The second kappa shape index (κ2) is 6.70. The Kier molecular flexibility index (Phi) is 4.95. The molecule has 1 heterocycles. The minimum Gasteiger partial charge on any atom is -0.378 e. The molecule has 0 atom stereocenters. The molecule has 0 unspecified atom stereocenters. The molecule has 1 fully saturated rings. The van der Waals surface area contributed by atoms with E-state index in [-0.39, 0.29) is 5.69 Å². The second-order valence-corrected chi connectivity index (χ2v) is 4.87. The van der Waals surface area contributed by atoms with E-state index in [1.54, 1.807) is 12.1 Å². The molecule has 0 aromatic heterocycles. The Morgan fingerprint density at radius 1 is 1.42 bits per heavy atom. The summed E-state index contributed by atoms with van der Waals surface area (Å²) in [4.78, 5) is 12.8. The number of hydrogen-bond donors (Lipinski definition) is 2. The average molecular weight is 285 g/mol. The topological polar surface area (TPSA) is 70.4 Å². The number of nitro benzene ring substituents is 1. The molecule has 0 amide bonds. The molecule has 1 aliphatic heterocycles. The van der Waals surface area contributed by atoms with Gasteiger partial charge in [0.2, 0.25) is 0 Å². The van der Waals surface area contributed by atoms with Crippen molar-refractivity contribution in [3.8, 4) is 0 Å².